The summed E-state index contributed by atoms with van der Waals surface area (Å²) < 4.78 is 5.65. The Bertz CT molecular complexity index is 1010. The van der Waals surface area contributed by atoms with E-state index in [9.17, 15) is 9.59 Å². The third-order valence-electron chi connectivity index (χ3n) is 4.62. The second-order valence-electron chi connectivity index (χ2n) is 6.56. The van der Waals surface area contributed by atoms with Gasteiger partial charge in [0.1, 0.15) is 5.76 Å². The first kappa shape index (κ1) is 17.5. The van der Waals surface area contributed by atoms with Crippen LogP contribution in [-0.2, 0) is 11.2 Å². The zero-order valence-electron chi connectivity index (χ0n) is 15.0. The van der Waals surface area contributed by atoms with Gasteiger partial charge in [0.05, 0.1) is 10.9 Å². The number of hydrogen-bond donors (Lipinski definition) is 2. The predicted molar refractivity (Wildman–Crippen MR) is 104 cm³/mol. The molecule has 0 saturated carbocycles. The number of anilines is 1. The van der Waals surface area contributed by atoms with E-state index in [4.69, 9.17) is 4.42 Å². The van der Waals surface area contributed by atoms with Gasteiger partial charge in [0.2, 0.25) is 11.8 Å². The Morgan fingerprint density at radius 1 is 1.33 bits per heavy atom. The lowest BCUT2D eigenvalue weighted by atomic mass is 9.98. The summed E-state index contributed by atoms with van der Waals surface area (Å²) in [5.74, 6) is 0.735. The maximum absolute atomic E-state index is 12.7. The molecule has 7 heteroatoms. The van der Waals surface area contributed by atoms with Gasteiger partial charge in [0, 0.05) is 12.1 Å². The quantitative estimate of drug-likeness (QED) is 0.713. The Kier molecular flexibility index (Phi) is 4.53. The number of fused-ring (bicyclic) bond motifs is 1. The molecule has 6 nitrogen and oxygen atoms in total. The smallest absolute Gasteiger partial charge is 0.274 e. The van der Waals surface area contributed by atoms with Gasteiger partial charge in [-0.2, -0.15) is 0 Å². The first-order valence-electron chi connectivity index (χ1n) is 8.76. The minimum Gasteiger partial charge on any atom is -0.440 e. The minimum atomic E-state index is -0.266. The third kappa shape index (κ3) is 3.50. The van der Waals surface area contributed by atoms with Crippen LogP contribution in [-0.4, -0.2) is 16.8 Å². The number of hydrogen-bond acceptors (Lipinski definition) is 5. The minimum absolute atomic E-state index is 0.0413. The molecule has 1 aromatic carbocycles. The molecule has 2 aromatic heterocycles. The van der Waals surface area contributed by atoms with Gasteiger partial charge in [-0.05, 0) is 48.9 Å². The van der Waals surface area contributed by atoms with Gasteiger partial charge in [-0.3, -0.25) is 9.59 Å². The summed E-state index contributed by atoms with van der Waals surface area (Å²) in [5, 5.41) is 7.79. The molecule has 0 saturated heterocycles. The van der Waals surface area contributed by atoms with Gasteiger partial charge in [0.25, 0.3) is 5.91 Å². The Balaban J connectivity index is 1.51. The molecule has 3 heterocycles. The summed E-state index contributed by atoms with van der Waals surface area (Å²) >= 11 is 1.52. The zero-order valence-corrected chi connectivity index (χ0v) is 15.9. The lowest BCUT2D eigenvalue weighted by molar-refractivity contribution is -0.116. The number of amides is 2. The van der Waals surface area contributed by atoms with Crippen LogP contribution in [0.15, 0.2) is 40.1 Å². The number of nitrogens with zero attached hydrogens (tertiary/aromatic N) is 1. The molecule has 0 fully saturated rings. The number of carbonyl (C=O) groups is 2. The van der Waals surface area contributed by atoms with Crippen molar-refractivity contribution >= 4 is 28.8 Å². The highest BCUT2D eigenvalue weighted by atomic mass is 32.1. The average molecular weight is 381 g/mol. The van der Waals surface area contributed by atoms with E-state index in [1.54, 1.807) is 6.92 Å². The first-order chi connectivity index (χ1) is 13.0. The lowest BCUT2D eigenvalue weighted by Gasteiger charge is -2.20. The number of aryl methyl sites for hydroxylation is 2. The SMILES string of the molecule is Cc1oc(-c2cccs2)nc1C(=O)N[C@H](C)c1ccc2c(c1)CCC(=O)N2. The monoisotopic (exact) mass is 381 g/mol. The fraction of sp³-hybridized carbons (Fsp3) is 0.250. The number of rotatable bonds is 4. The molecule has 2 N–H and O–H groups in total. The van der Waals surface area contributed by atoms with Crippen molar-refractivity contribution in [1.82, 2.24) is 10.3 Å². The number of oxazole rings is 1. The van der Waals surface area contributed by atoms with Gasteiger partial charge in [-0.1, -0.05) is 18.2 Å². The van der Waals surface area contributed by atoms with E-state index in [0.29, 0.717) is 30.2 Å². The molecule has 0 aliphatic carbocycles. The molecule has 2 amide bonds. The molecular weight excluding hydrogens is 362 g/mol. The summed E-state index contributed by atoms with van der Waals surface area (Å²) in [4.78, 5) is 29.4. The van der Waals surface area contributed by atoms with E-state index >= 15 is 0 Å². The van der Waals surface area contributed by atoms with Crippen molar-refractivity contribution in [2.75, 3.05) is 5.32 Å². The summed E-state index contributed by atoms with van der Waals surface area (Å²) in [6.07, 6.45) is 1.20. The third-order valence-corrected chi connectivity index (χ3v) is 5.47. The Labute approximate surface area is 160 Å². The van der Waals surface area contributed by atoms with Crippen molar-refractivity contribution in [2.24, 2.45) is 0 Å². The molecule has 27 heavy (non-hydrogen) atoms. The van der Waals surface area contributed by atoms with Gasteiger partial charge in [0.15, 0.2) is 5.69 Å². The van der Waals surface area contributed by atoms with Crippen LogP contribution in [0.4, 0.5) is 5.69 Å². The number of benzene rings is 1. The van der Waals surface area contributed by atoms with E-state index in [1.165, 1.54) is 11.3 Å². The Morgan fingerprint density at radius 2 is 2.19 bits per heavy atom. The Hall–Kier alpha value is -2.93. The van der Waals surface area contributed by atoms with Crippen molar-refractivity contribution in [3.8, 4) is 10.8 Å². The fourth-order valence-corrected chi connectivity index (χ4v) is 3.78. The molecule has 0 bridgehead atoms. The highest BCUT2D eigenvalue weighted by Crippen LogP contribution is 2.28. The normalized spacial score (nSPS) is 14.4. The topological polar surface area (TPSA) is 84.2 Å². The lowest BCUT2D eigenvalue weighted by Crippen LogP contribution is -2.28. The molecule has 3 aromatic rings. The van der Waals surface area contributed by atoms with E-state index in [1.807, 2.05) is 42.6 Å². The van der Waals surface area contributed by atoms with E-state index in [2.05, 4.69) is 15.6 Å². The van der Waals surface area contributed by atoms with E-state index in [0.717, 1.165) is 21.7 Å². The van der Waals surface area contributed by atoms with E-state index in [-0.39, 0.29) is 17.9 Å². The van der Waals surface area contributed by atoms with Crippen LogP contribution in [0.5, 0.6) is 0 Å². The maximum Gasteiger partial charge on any atom is 0.274 e. The predicted octanol–water partition coefficient (Wildman–Crippen LogP) is 4.09. The molecular formula is C20H19N3O3S. The average Bonchev–Trinajstić information content (AvgIpc) is 3.30. The highest BCUT2D eigenvalue weighted by molar-refractivity contribution is 7.13. The van der Waals surface area contributed by atoms with Gasteiger partial charge < -0.3 is 15.1 Å². The summed E-state index contributed by atoms with van der Waals surface area (Å²) in [7, 11) is 0. The highest BCUT2D eigenvalue weighted by Gasteiger charge is 2.21. The van der Waals surface area contributed by atoms with Crippen LogP contribution in [0.1, 0.15) is 46.8 Å². The molecule has 0 spiro atoms. The van der Waals surface area contributed by atoms with Crippen LogP contribution in [0.2, 0.25) is 0 Å². The fourth-order valence-electron chi connectivity index (χ4n) is 3.13. The maximum atomic E-state index is 12.7. The number of aromatic nitrogens is 1. The molecule has 0 unspecified atom stereocenters. The number of thiophene rings is 1. The van der Waals surface area contributed by atoms with Crippen LogP contribution in [0, 0.1) is 6.92 Å². The van der Waals surface area contributed by atoms with Crippen LogP contribution in [0.3, 0.4) is 0 Å². The van der Waals surface area contributed by atoms with Crippen LogP contribution in [0.25, 0.3) is 10.8 Å². The molecule has 1 atom stereocenters. The molecule has 1 aliphatic rings. The van der Waals surface area contributed by atoms with Gasteiger partial charge in [-0.15, -0.1) is 11.3 Å². The first-order valence-corrected chi connectivity index (χ1v) is 9.64. The molecule has 138 valence electrons. The van der Waals surface area contributed by atoms with Crippen molar-refractivity contribution in [2.45, 2.75) is 32.7 Å². The summed E-state index contributed by atoms with van der Waals surface area (Å²) in [6, 6.07) is 9.48. The van der Waals surface area contributed by atoms with Gasteiger partial charge in [-0.25, -0.2) is 4.98 Å². The van der Waals surface area contributed by atoms with Crippen molar-refractivity contribution in [3.05, 3.63) is 58.3 Å². The zero-order chi connectivity index (χ0) is 19.0. The Morgan fingerprint density at radius 3 is 2.96 bits per heavy atom. The molecule has 1 aliphatic heterocycles. The second-order valence-corrected chi connectivity index (χ2v) is 7.51. The molecule has 0 radical (unpaired) electrons. The van der Waals surface area contributed by atoms with E-state index < -0.39 is 0 Å². The van der Waals surface area contributed by atoms with Crippen LogP contribution >= 0.6 is 11.3 Å². The number of carbonyl (C=O) groups excluding carboxylic acids is 2. The standard InChI is InChI=1S/C20H19N3O3S/c1-11(13-5-7-15-14(10-13)6-8-17(24)22-15)21-19(25)18-12(2)26-20(23-18)16-4-3-9-27-16/h3-5,7,9-11H,6,8H2,1-2H3,(H,21,25)(H,22,24)/t11-/m1/s1. The van der Waals surface area contributed by atoms with Crippen LogP contribution < -0.4 is 10.6 Å². The summed E-state index contributed by atoms with van der Waals surface area (Å²) in [5.41, 5.74) is 3.22. The number of nitrogens with one attached hydrogen (secondary N) is 2. The van der Waals surface area contributed by atoms with Crippen molar-refractivity contribution in [3.63, 3.8) is 0 Å². The second kappa shape index (κ2) is 7.00. The molecule has 4 rings (SSSR count). The largest absolute Gasteiger partial charge is 0.440 e. The van der Waals surface area contributed by atoms with Gasteiger partial charge >= 0.3 is 0 Å². The van der Waals surface area contributed by atoms with Crippen molar-refractivity contribution in [1.29, 1.82) is 0 Å². The summed E-state index contributed by atoms with van der Waals surface area (Å²) in [6.45, 7) is 3.67. The van der Waals surface area contributed by atoms with Crippen molar-refractivity contribution < 1.29 is 14.0 Å².